The summed E-state index contributed by atoms with van der Waals surface area (Å²) in [5.74, 6) is -0.572. The van der Waals surface area contributed by atoms with E-state index in [1.54, 1.807) is 4.90 Å². The van der Waals surface area contributed by atoms with Gasteiger partial charge in [0.2, 0.25) is 14.9 Å². The van der Waals surface area contributed by atoms with Crippen molar-refractivity contribution in [3.8, 4) is 0 Å². The number of ether oxygens (including phenoxy) is 2. The Kier molecular flexibility index (Phi) is 12.6. The number of carbonyl (C=O) groups excluding carboxylic acids is 1. The first kappa shape index (κ1) is 34.5. The molecule has 0 radical (unpaired) electrons. The molecule has 0 spiro atoms. The molecule has 1 heterocycles. The fourth-order valence-electron chi connectivity index (χ4n) is 3.82. The lowest BCUT2D eigenvalue weighted by Gasteiger charge is -2.41. The first-order chi connectivity index (χ1) is 19.1. The topological polar surface area (TPSA) is 130 Å². The van der Waals surface area contributed by atoms with Crippen molar-refractivity contribution < 1.29 is 54.8 Å². The molecule has 3 rings (SSSR count). The van der Waals surface area contributed by atoms with Crippen LogP contribution >= 0.6 is 8.53 Å². The zero-order chi connectivity index (χ0) is 31.0. The molecule has 1 saturated heterocycles. The van der Waals surface area contributed by atoms with Crippen molar-refractivity contribution in [2.45, 2.75) is 37.7 Å². The van der Waals surface area contributed by atoms with Gasteiger partial charge >= 0.3 is 12.4 Å². The molecule has 0 aliphatic carbocycles. The van der Waals surface area contributed by atoms with E-state index in [1.807, 2.05) is 0 Å². The minimum Gasteiger partial charge on any atom is -0.386 e. The zero-order valence-corrected chi connectivity index (χ0v) is 22.6. The number of alkyl halides is 6. The van der Waals surface area contributed by atoms with E-state index in [2.05, 4.69) is 10.1 Å². The van der Waals surface area contributed by atoms with Crippen molar-refractivity contribution in [2.24, 2.45) is 10.7 Å². The van der Waals surface area contributed by atoms with Crippen molar-refractivity contribution >= 4 is 20.8 Å². The van der Waals surface area contributed by atoms with Crippen LogP contribution < -0.4 is 10.8 Å². The summed E-state index contributed by atoms with van der Waals surface area (Å²) in [5, 5.41) is 2.20. The molecule has 0 aromatic heterocycles. The third-order valence-corrected chi connectivity index (χ3v) is 6.12. The van der Waals surface area contributed by atoms with E-state index in [0.29, 0.717) is 17.7 Å². The Bertz CT molecular complexity index is 1130. The maximum absolute atomic E-state index is 13.5. The van der Waals surface area contributed by atoms with Crippen molar-refractivity contribution in [2.75, 3.05) is 26.7 Å². The number of rotatable bonds is 8. The normalized spacial score (nSPS) is 19.5. The number of aliphatic imine (C=N–C) groups is 1. The average Bonchev–Trinajstić information content (AvgIpc) is 2.88. The molecule has 0 bridgehead atoms. The molecule has 2 aromatic rings. The molecular weight excluding hydrogens is 588 g/mol. The Morgan fingerprint density at radius 1 is 1.17 bits per heavy atom. The Morgan fingerprint density at radius 2 is 1.71 bits per heavy atom. The van der Waals surface area contributed by atoms with E-state index in [0.717, 1.165) is 0 Å². The molecule has 41 heavy (non-hydrogen) atoms. The number of nitrogens with one attached hydrogen (secondary N) is 1. The van der Waals surface area contributed by atoms with Crippen LogP contribution in [-0.4, -0.2) is 60.0 Å². The molecule has 3 atom stereocenters. The quantitative estimate of drug-likeness (QED) is 0.114. The number of amidine groups is 1. The molecule has 0 saturated carbocycles. The number of amides is 1. The lowest BCUT2D eigenvalue weighted by molar-refractivity contribution is -0.227. The number of hydrogen-bond donors (Lipinski definition) is 4. The second-order valence-electron chi connectivity index (χ2n) is 8.56. The van der Waals surface area contributed by atoms with Gasteiger partial charge in [0.25, 0.3) is 0 Å². The van der Waals surface area contributed by atoms with Crippen LogP contribution in [-0.2, 0) is 26.6 Å². The highest BCUT2D eigenvalue weighted by Gasteiger charge is 2.39. The molecular formula is C24H28F7N4O5P. The number of morpholine rings is 1. The Labute approximate surface area is 231 Å². The summed E-state index contributed by atoms with van der Waals surface area (Å²) in [6, 6.07) is 5.62. The Balaban J connectivity index is 0.00000108. The highest BCUT2D eigenvalue weighted by molar-refractivity contribution is 7.42. The SMILES string of the molecule is CNP(O)O.C[C@@H](OC1OCCN(CC(N)=NC=O)C1c1ccc(F)cc1)c1cc(C(F)(F)F)cc(C(F)(F)F)c1. The van der Waals surface area contributed by atoms with E-state index in [9.17, 15) is 35.5 Å². The van der Waals surface area contributed by atoms with Crippen LogP contribution in [0.1, 0.15) is 41.3 Å². The van der Waals surface area contributed by atoms with E-state index in [1.165, 1.54) is 38.2 Å². The molecule has 5 N–H and O–H groups in total. The monoisotopic (exact) mass is 616 g/mol. The van der Waals surface area contributed by atoms with E-state index in [4.69, 9.17) is 25.0 Å². The van der Waals surface area contributed by atoms with Gasteiger partial charge in [-0.1, -0.05) is 12.1 Å². The average molecular weight is 616 g/mol. The van der Waals surface area contributed by atoms with Crippen LogP contribution in [0.3, 0.4) is 0 Å². The van der Waals surface area contributed by atoms with Crippen LogP contribution in [0.25, 0.3) is 0 Å². The summed E-state index contributed by atoms with van der Waals surface area (Å²) in [5.41, 5.74) is 2.93. The van der Waals surface area contributed by atoms with Gasteiger partial charge in [0.15, 0.2) is 6.29 Å². The summed E-state index contributed by atoms with van der Waals surface area (Å²) in [6.45, 7) is 1.61. The Morgan fingerprint density at radius 3 is 2.17 bits per heavy atom. The second kappa shape index (κ2) is 15.0. The first-order valence-electron chi connectivity index (χ1n) is 11.7. The van der Waals surface area contributed by atoms with Gasteiger partial charge < -0.3 is 25.0 Å². The van der Waals surface area contributed by atoms with Crippen LogP contribution in [0, 0.1) is 5.82 Å². The number of benzene rings is 2. The summed E-state index contributed by atoms with van der Waals surface area (Å²) in [4.78, 5) is 31.6. The number of hydrogen-bond acceptors (Lipinski definition) is 7. The van der Waals surface area contributed by atoms with E-state index >= 15 is 0 Å². The predicted octanol–water partition coefficient (Wildman–Crippen LogP) is 4.27. The maximum Gasteiger partial charge on any atom is 0.416 e. The number of halogens is 7. The molecule has 1 amide bonds. The molecule has 17 heteroatoms. The molecule has 2 unspecified atom stereocenters. The summed E-state index contributed by atoms with van der Waals surface area (Å²) in [7, 11) is -0.370. The number of nitrogens with two attached hydrogens (primary N) is 1. The van der Waals surface area contributed by atoms with Crippen LogP contribution in [0.4, 0.5) is 30.7 Å². The lowest BCUT2D eigenvalue weighted by Crippen LogP contribution is -2.49. The maximum atomic E-state index is 13.5. The molecule has 2 aromatic carbocycles. The third-order valence-electron chi connectivity index (χ3n) is 5.72. The Hall–Kier alpha value is -2.72. The molecule has 228 valence electrons. The van der Waals surface area contributed by atoms with Gasteiger partial charge in [-0.25, -0.2) is 9.38 Å². The van der Waals surface area contributed by atoms with Crippen LogP contribution in [0.5, 0.6) is 0 Å². The van der Waals surface area contributed by atoms with Gasteiger partial charge in [-0.2, -0.15) is 26.3 Å². The summed E-state index contributed by atoms with van der Waals surface area (Å²) in [6.07, 6.45) is -12.2. The number of nitrogens with zero attached hydrogens (tertiary/aromatic N) is 2. The van der Waals surface area contributed by atoms with Gasteiger partial charge in [0, 0.05) is 6.54 Å². The van der Waals surface area contributed by atoms with Gasteiger partial charge in [-0.05, 0) is 55.4 Å². The highest BCUT2D eigenvalue weighted by atomic mass is 31.2. The number of carbonyl (C=O) groups is 1. The lowest BCUT2D eigenvalue weighted by atomic mass is 10.0. The smallest absolute Gasteiger partial charge is 0.386 e. The minimum absolute atomic E-state index is 0.0276. The van der Waals surface area contributed by atoms with Gasteiger partial charge in [-0.3, -0.25) is 14.8 Å². The fourth-order valence-corrected chi connectivity index (χ4v) is 3.82. The molecule has 1 aliphatic rings. The van der Waals surface area contributed by atoms with E-state index in [-0.39, 0.29) is 43.6 Å². The van der Waals surface area contributed by atoms with Gasteiger partial charge in [0.05, 0.1) is 36.4 Å². The van der Waals surface area contributed by atoms with Gasteiger partial charge in [0.1, 0.15) is 11.7 Å². The summed E-state index contributed by atoms with van der Waals surface area (Å²) >= 11 is 0. The van der Waals surface area contributed by atoms with Crippen molar-refractivity contribution in [1.82, 2.24) is 9.99 Å². The third kappa shape index (κ3) is 10.6. The van der Waals surface area contributed by atoms with Crippen LogP contribution in [0.2, 0.25) is 0 Å². The highest BCUT2D eigenvalue weighted by Crippen LogP contribution is 2.39. The van der Waals surface area contributed by atoms with Crippen molar-refractivity contribution in [1.29, 1.82) is 0 Å². The molecule has 1 fully saturated rings. The largest absolute Gasteiger partial charge is 0.416 e. The van der Waals surface area contributed by atoms with Gasteiger partial charge in [-0.15, -0.1) is 0 Å². The van der Waals surface area contributed by atoms with Crippen LogP contribution in [0.15, 0.2) is 47.5 Å². The predicted molar refractivity (Wildman–Crippen MR) is 135 cm³/mol. The fraction of sp³-hybridized carbons (Fsp3) is 0.417. The summed E-state index contributed by atoms with van der Waals surface area (Å²) < 4.78 is 105. The standard InChI is InChI=1S/C23H22F7N3O3.CH6NO2P/c1-13(15-8-16(22(25,26)27)10-17(9-15)23(28,29)30)36-21-20(14-2-4-18(24)5-3-14)33(6-7-35-21)11-19(31)32-12-34;1-2-5(3)4/h2-5,8-10,12-13,20-21H,6-7,11H2,1H3,(H2,31,32,34);2-4H,1H3/t13-,20?,21?;/m1./s1. The molecule has 1 aliphatic heterocycles. The van der Waals surface area contributed by atoms with Crippen molar-refractivity contribution in [3.05, 3.63) is 70.5 Å². The second-order valence-corrected chi connectivity index (χ2v) is 9.59. The minimum atomic E-state index is -5.01. The molecule has 9 nitrogen and oxygen atoms in total. The zero-order valence-electron chi connectivity index (χ0n) is 21.7. The van der Waals surface area contributed by atoms with Crippen molar-refractivity contribution in [3.63, 3.8) is 0 Å². The van der Waals surface area contributed by atoms with E-state index < -0.39 is 56.3 Å². The first-order valence-corrected chi connectivity index (χ1v) is 13.0.